The first-order valence-corrected chi connectivity index (χ1v) is 5.33. The van der Waals surface area contributed by atoms with E-state index in [4.69, 9.17) is 5.11 Å². The number of hydrogen-bond donors (Lipinski definition) is 2. The Morgan fingerprint density at radius 1 is 1.35 bits per heavy atom. The van der Waals surface area contributed by atoms with E-state index in [0.29, 0.717) is 0 Å². The van der Waals surface area contributed by atoms with E-state index in [1.165, 1.54) is 0 Å². The van der Waals surface area contributed by atoms with Crippen molar-refractivity contribution in [2.24, 2.45) is 0 Å². The average Bonchev–Trinajstić information content (AvgIpc) is 2.29. The van der Waals surface area contributed by atoms with Gasteiger partial charge in [0.2, 0.25) is 0 Å². The van der Waals surface area contributed by atoms with Crippen molar-refractivity contribution >= 4 is 12.1 Å². The highest BCUT2D eigenvalue weighted by Gasteiger charge is 2.20. The Kier molecular flexibility index (Phi) is 5.00. The van der Waals surface area contributed by atoms with Crippen LogP contribution in [0.2, 0.25) is 0 Å². The quantitative estimate of drug-likeness (QED) is 0.812. The molecule has 0 aromatic heterocycles. The molecule has 1 aromatic carbocycles. The molecule has 0 unspecified atom stereocenters. The van der Waals surface area contributed by atoms with Gasteiger partial charge in [-0.05, 0) is 12.5 Å². The first-order chi connectivity index (χ1) is 8.13. The van der Waals surface area contributed by atoms with E-state index in [-0.39, 0.29) is 13.0 Å². The Morgan fingerprint density at radius 3 is 2.53 bits per heavy atom. The number of carboxylic acids is 1. The first kappa shape index (κ1) is 13.0. The highest BCUT2D eigenvalue weighted by Crippen LogP contribution is 2.03. The molecule has 0 aliphatic carbocycles. The predicted octanol–water partition coefficient (Wildman–Crippen LogP) is 1.43. The van der Waals surface area contributed by atoms with Crippen molar-refractivity contribution in [3.63, 3.8) is 0 Å². The van der Waals surface area contributed by atoms with Crippen LogP contribution in [0.15, 0.2) is 30.3 Å². The highest BCUT2D eigenvalue weighted by molar-refractivity contribution is 5.80. The van der Waals surface area contributed by atoms with Gasteiger partial charge in [-0.2, -0.15) is 0 Å². The molecule has 0 aliphatic rings. The van der Waals surface area contributed by atoms with E-state index in [0.717, 1.165) is 5.56 Å². The lowest BCUT2D eigenvalue weighted by Crippen LogP contribution is -2.42. The van der Waals surface area contributed by atoms with Crippen LogP contribution in [0, 0.1) is 0 Å². The smallest absolute Gasteiger partial charge is 0.407 e. The SMILES string of the molecule is CCOC(=O)N[C@H](Cc1ccccc1)C(=O)O. The van der Waals surface area contributed by atoms with Crippen molar-refractivity contribution < 1.29 is 19.4 Å². The minimum atomic E-state index is -1.08. The zero-order valence-corrected chi connectivity index (χ0v) is 9.55. The molecule has 1 rings (SSSR count). The highest BCUT2D eigenvalue weighted by atomic mass is 16.5. The molecule has 0 heterocycles. The van der Waals surface area contributed by atoms with Crippen molar-refractivity contribution in [1.82, 2.24) is 5.32 Å². The minimum absolute atomic E-state index is 0.212. The molecule has 0 aliphatic heterocycles. The zero-order chi connectivity index (χ0) is 12.7. The summed E-state index contributed by atoms with van der Waals surface area (Å²) >= 11 is 0. The number of alkyl carbamates (subject to hydrolysis) is 1. The van der Waals surface area contributed by atoms with E-state index < -0.39 is 18.1 Å². The molecule has 2 N–H and O–H groups in total. The van der Waals surface area contributed by atoms with Gasteiger partial charge in [-0.15, -0.1) is 0 Å². The zero-order valence-electron chi connectivity index (χ0n) is 9.55. The van der Waals surface area contributed by atoms with Gasteiger partial charge in [-0.25, -0.2) is 9.59 Å². The Labute approximate surface area is 99.4 Å². The van der Waals surface area contributed by atoms with Gasteiger partial charge >= 0.3 is 12.1 Å². The molecule has 5 nitrogen and oxygen atoms in total. The van der Waals surface area contributed by atoms with E-state index in [1.807, 2.05) is 30.3 Å². The van der Waals surface area contributed by atoms with E-state index in [2.05, 4.69) is 10.1 Å². The maximum atomic E-state index is 11.2. The van der Waals surface area contributed by atoms with Crippen molar-refractivity contribution in [2.75, 3.05) is 6.61 Å². The van der Waals surface area contributed by atoms with Crippen molar-refractivity contribution in [2.45, 2.75) is 19.4 Å². The first-order valence-electron chi connectivity index (χ1n) is 5.33. The summed E-state index contributed by atoms with van der Waals surface area (Å²) in [5, 5.41) is 11.3. The molecule has 0 saturated carbocycles. The third-order valence-electron chi connectivity index (χ3n) is 2.15. The molecular formula is C12H15NO4. The van der Waals surface area contributed by atoms with Crippen LogP contribution in [0.3, 0.4) is 0 Å². The Morgan fingerprint density at radius 2 is 2.00 bits per heavy atom. The second kappa shape index (κ2) is 6.52. The normalized spacial score (nSPS) is 11.6. The van der Waals surface area contributed by atoms with Crippen LogP contribution in [0.5, 0.6) is 0 Å². The van der Waals surface area contributed by atoms with Gasteiger partial charge in [0.05, 0.1) is 6.61 Å². The average molecular weight is 237 g/mol. The fourth-order valence-electron chi connectivity index (χ4n) is 1.36. The lowest BCUT2D eigenvalue weighted by molar-refractivity contribution is -0.139. The van der Waals surface area contributed by atoms with Gasteiger partial charge in [0.15, 0.2) is 0 Å². The summed E-state index contributed by atoms with van der Waals surface area (Å²) < 4.78 is 4.65. The number of rotatable bonds is 5. The number of aliphatic carboxylic acids is 1. The summed E-state index contributed by atoms with van der Waals surface area (Å²) in [5.74, 6) is -1.08. The van der Waals surface area contributed by atoms with Gasteiger partial charge < -0.3 is 15.2 Å². The number of carbonyl (C=O) groups is 2. The van der Waals surface area contributed by atoms with Crippen molar-refractivity contribution in [1.29, 1.82) is 0 Å². The van der Waals surface area contributed by atoms with Crippen LogP contribution >= 0.6 is 0 Å². The lowest BCUT2D eigenvalue weighted by atomic mass is 10.1. The molecule has 17 heavy (non-hydrogen) atoms. The monoisotopic (exact) mass is 237 g/mol. The number of carboxylic acid groups (broad SMARTS) is 1. The van der Waals surface area contributed by atoms with Gasteiger partial charge in [0, 0.05) is 6.42 Å². The van der Waals surface area contributed by atoms with Gasteiger partial charge in [0.25, 0.3) is 0 Å². The summed E-state index contributed by atoms with van der Waals surface area (Å²) in [6.45, 7) is 1.87. The number of nitrogens with one attached hydrogen (secondary N) is 1. The summed E-state index contributed by atoms with van der Waals surface area (Å²) in [5.41, 5.74) is 0.844. The molecule has 0 bridgehead atoms. The maximum absolute atomic E-state index is 11.2. The third kappa shape index (κ3) is 4.55. The number of hydrogen-bond acceptors (Lipinski definition) is 3. The van der Waals surface area contributed by atoms with E-state index >= 15 is 0 Å². The van der Waals surface area contributed by atoms with Crippen LogP contribution in [0.4, 0.5) is 4.79 Å². The number of ether oxygens (including phenoxy) is 1. The summed E-state index contributed by atoms with van der Waals surface area (Å²) in [6.07, 6.45) is -0.481. The van der Waals surface area contributed by atoms with Gasteiger partial charge in [-0.3, -0.25) is 0 Å². The van der Waals surface area contributed by atoms with Crippen LogP contribution < -0.4 is 5.32 Å². The Bertz CT molecular complexity index is 377. The fraction of sp³-hybridized carbons (Fsp3) is 0.333. The van der Waals surface area contributed by atoms with E-state index in [1.54, 1.807) is 6.92 Å². The molecule has 1 amide bonds. The number of benzene rings is 1. The van der Waals surface area contributed by atoms with Crippen LogP contribution in [0.1, 0.15) is 12.5 Å². The number of amides is 1. The molecule has 1 atom stereocenters. The third-order valence-corrected chi connectivity index (χ3v) is 2.15. The molecule has 0 radical (unpaired) electrons. The topological polar surface area (TPSA) is 75.6 Å². The maximum Gasteiger partial charge on any atom is 0.407 e. The van der Waals surface area contributed by atoms with Crippen LogP contribution in [-0.2, 0) is 16.0 Å². The molecular weight excluding hydrogens is 222 g/mol. The van der Waals surface area contributed by atoms with Crippen LogP contribution in [0.25, 0.3) is 0 Å². The largest absolute Gasteiger partial charge is 0.480 e. The summed E-state index contributed by atoms with van der Waals surface area (Å²) in [7, 11) is 0. The lowest BCUT2D eigenvalue weighted by Gasteiger charge is -2.14. The van der Waals surface area contributed by atoms with Gasteiger partial charge in [0.1, 0.15) is 6.04 Å². The molecule has 1 aromatic rings. The van der Waals surface area contributed by atoms with Gasteiger partial charge in [-0.1, -0.05) is 30.3 Å². The predicted molar refractivity (Wildman–Crippen MR) is 61.7 cm³/mol. The molecule has 0 fully saturated rings. The minimum Gasteiger partial charge on any atom is -0.480 e. The molecule has 92 valence electrons. The molecule has 0 spiro atoms. The Hall–Kier alpha value is -2.04. The fourth-order valence-corrected chi connectivity index (χ4v) is 1.36. The second-order valence-electron chi connectivity index (χ2n) is 3.45. The van der Waals surface area contributed by atoms with E-state index in [9.17, 15) is 9.59 Å². The van der Waals surface area contributed by atoms with Crippen molar-refractivity contribution in [3.8, 4) is 0 Å². The molecule has 0 saturated heterocycles. The summed E-state index contributed by atoms with van der Waals surface area (Å²) in [6, 6.07) is 8.12. The number of carbonyl (C=O) groups excluding carboxylic acids is 1. The Balaban J connectivity index is 2.61. The van der Waals surface area contributed by atoms with Crippen molar-refractivity contribution in [3.05, 3.63) is 35.9 Å². The summed E-state index contributed by atoms with van der Waals surface area (Å²) in [4.78, 5) is 22.1. The second-order valence-corrected chi connectivity index (χ2v) is 3.45. The van der Waals surface area contributed by atoms with Crippen LogP contribution in [-0.4, -0.2) is 29.8 Å². The molecule has 5 heteroatoms. The standard InChI is InChI=1S/C12H15NO4/c1-2-17-12(16)13-10(11(14)15)8-9-6-4-3-5-7-9/h3-7,10H,2,8H2,1H3,(H,13,16)(H,14,15)/t10-/m1/s1.